The monoisotopic (exact) mass is 253 g/mol. The zero-order valence-corrected chi connectivity index (χ0v) is 9.14. The minimum absolute atomic E-state index is 0.227. The molecule has 0 bridgehead atoms. The van der Waals surface area contributed by atoms with Crippen LogP contribution in [0.3, 0.4) is 0 Å². The minimum atomic E-state index is -2.68. The molecule has 1 aromatic carbocycles. The number of nitrogens with zero attached hydrogens (tertiary/aromatic N) is 1. The van der Waals surface area contributed by atoms with E-state index in [4.69, 9.17) is 9.84 Å². The van der Waals surface area contributed by atoms with Gasteiger partial charge in [-0.3, -0.25) is 0 Å². The molecule has 0 unspecified atom stereocenters. The molecule has 0 radical (unpaired) electrons. The fourth-order valence-electron chi connectivity index (χ4n) is 1.50. The normalized spacial score (nSPS) is 10.8. The Kier molecular flexibility index (Phi) is 3.36. The van der Waals surface area contributed by atoms with Crippen molar-refractivity contribution in [2.45, 2.75) is 6.43 Å². The van der Waals surface area contributed by atoms with Gasteiger partial charge in [0, 0.05) is 5.39 Å². The molecule has 2 aromatic rings. The highest BCUT2D eigenvalue weighted by atomic mass is 19.3. The first-order valence-electron chi connectivity index (χ1n) is 5.12. The summed E-state index contributed by atoms with van der Waals surface area (Å²) >= 11 is 0. The number of hydrogen-bond donors (Lipinski definition) is 1. The molecule has 18 heavy (non-hydrogen) atoms. The first-order valence-corrected chi connectivity index (χ1v) is 5.12. The van der Waals surface area contributed by atoms with E-state index >= 15 is 0 Å². The van der Waals surface area contributed by atoms with Crippen molar-refractivity contribution in [3.05, 3.63) is 35.9 Å². The van der Waals surface area contributed by atoms with Crippen LogP contribution < -0.4 is 4.74 Å². The number of halogens is 2. The summed E-state index contributed by atoms with van der Waals surface area (Å²) in [5.41, 5.74) is 0.265. The largest absolute Gasteiger partial charge is 0.477 e. The van der Waals surface area contributed by atoms with Crippen LogP contribution in [0, 0.1) is 0 Å². The van der Waals surface area contributed by atoms with Crippen molar-refractivity contribution in [1.82, 2.24) is 4.98 Å². The Morgan fingerprint density at radius 3 is 2.78 bits per heavy atom. The summed E-state index contributed by atoms with van der Waals surface area (Å²) in [6.07, 6.45) is -2.68. The average Bonchev–Trinajstić information content (AvgIpc) is 2.35. The van der Waals surface area contributed by atoms with Crippen LogP contribution in [0.4, 0.5) is 8.78 Å². The molecule has 0 aliphatic heterocycles. The summed E-state index contributed by atoms with van der Waals surface area (Å²) in [4.78, 5) is 14.9. The molecule has 0 atom stereocenters. The van der Waals surface area contributed by atoms with Crippen molar-refractivity contribution < 1.29 is 23.4 Å². The number of ether oxygens (including phenoxy) is 1. The minimum Gasteiger partial charge on any atom is -0.477 e. The number of carboxylic acids is 1. The van der Waals surface area contributed by atoms with Crippen LogP contribution in [0.5, 0.6) is 5.88 Å². The Morgan fingerprint density at radius 1 is 1.39 bits per heavy atom. The quantitative estimate of drug-likeness (QED) is 0.909. The van der Waals surface area contributed by atoms with E-state index in [1.54, 1.807) is 24.3 Å². The van der Waals surface area contributed by atoms with Gasteiger partial charge in [-0.2, -0.15) is 0 Å². The van der Waals surface area contributed by atoms with E-state index in [-0.39, 0.29) is 11.4 Å². The number of benzene rings is 1. The van der Waals surface area contributed by atoms with E-state index in [2.05, 4.69) is 4.98 Å². The molecule has 0 aliphatic rings. The summed E-state index contributed by atoms with van der Waals surface area (Å²) in [7, 11) is 0. The van der Waals surface area contributed by atoms with Crippen molar-refractivity contribution in [1.29, 1.82) is 0 Å². The fourth-order valence-corrected chi connectivity index (χ4v) is 1.50. The van der Waals surface area contributed by atoms with Gasteiger partial charge in [0.25, 0.3) is 6.43 Å². The summed E-state index contributed by atoms with van der Waals surface area (Å²) in [6.45, 7) is -0.883. The van der Waals surface area contributed by atoms with Crippen molar-refractivity contribution >= 4 is 16.9 Å². The number of rotatable bonds is 4. The lowest BCUT2D eigenvalue weighted by Crippen LogP contribution is -2.11. The molecule has 0 fully saturated rings. The van der Waals surface area contributed by atoms with Crippen LogP contribution in [0.25, 0.3) is 10.9 Å². The predicted octanol–water partition coefficient (Wildman–Crippen LogP) is 2.58. The van der Waals surface area contributed by atoms with Gasteiger partial charge in [0.05, 0.1) is 5.52 Å². The average molecular weight is 253 g/mol. The van der Waals surface area contributed by atoms with Crippen LogP contribution in [0.1, 0.15) is 10.4 Å². The highest BCUT2D eigenvalue weighted by Crippen LogP contribution is 2.22. The highest BCUT2D eigenvalue weighted by molar-refractivity contribution is 5.95. The molecule has 0 aliphatic carbocycles. The second-order valence-corrected chi connectivity index (χ2v) is 3.54. The standard InChI is InChI=1S/C12H9F2NO3/c13-10(14)6-18-11-8(12(16)17)5-7-3-1-2-4-9(7)15-11/h1-5,10H,6H2,(H,16,17). The van der Waals surface area contributed by atoms with E-state index in [9.17, 15) is 13.6 Å². The number of hydrogen-bond acceptors (Lipinski definition) is 3. The molecule has 0 amide bonds. The molecule has 2 rings (SSSR count). The van der Waals surface area contributed by atoms with E-state index in [1.165, 1.54) is 6.07 Å². The molecule has 1 aromatic heterocycles. The maximum atomic E-state index is 12.1. The van der Waals surface area contributed by atoms with Crippen molar-refractivity contribution in [2.75, 3.05) is 6.61 Å². The summed E-state index contributed by atoms with van der Waals surface area (Å²) < 4.78 is 28.9. The predicted molar refractivity (Wildman–Crippen MR) is 60.2 cm³/mol. The maximum absolute atomic E-state index is 12.1. The summed E-state index contributed by atoms with van der Waals surface area (Å²) in [6, 6.07) is 8.13. The lowest BCUT2D eigenvalue weighted by molar-refractivity contribution is 0.0657. The molecule has 4 nitrogen and oxygen atoms in total. The van der Waals surface area contributed by atoms with Gasteiger partial charge in [0.1, 0.15) is 5.56 Å². The first-order chi connectivity index (χ1) is 8.58. The van der Waals surface area contributed by atoms with Gasteiger partial charge in [-0.05, 0) is 12.1 Å². The van der Waals surface area contributed by atoms with Crippen LogP contribution in [0.2, 0.25) is 0 Å². The van der Waals surface area contributed by atoms with Crippen molar-refractivity contribution in [3.8, 4) is 5.88 Å². The molecule has 1 heterocycles. The van der Waals surface area contributed by atoms with Crippen molar-refractivity contribution in [2.24, 2.45) is 0 Å². The summed E-state index contributed by atoms with van der Waals surface area (Å²) in [5, 5.41) is 9.59. The Bertz CT molecular complexity index is 587. The van der Waals surface area contributed by atoms with Gasteiger partial charge < -0.3 is 9.84 Å². The number of carbonyl (C=O) groups is 1. The molecule has 94 valence electrons. The van der Waals surface area contributed by atoms with E-state index < -0.39 is 19.0 Å². The third-order valence-electron chi connectivity index (χ3n) is 2.27. The highest BCUT2D eigenvalue weighted by Gasteiger charge is 2.16. The molecular formula is C12H9F2NO3. The number of aromatic carboxylic acids is 1. The van der Waals surface area contributed by atoms with Crippen LogP contribution in [-0.4, -0.2) is 29.1 Å². The number of aromatic nitrogens is 1. The van der Waals surface area contributed by atoms with Gasteiger partial charge in [-0.1, -0.05) is 18.2 Å². The van der Waals surface area contributed by atoms with Crippen molar-refractivity contribution in [3.63, 3.8) is 0 Å². The molecule has 1 N–H and O–H groups in total. The molecule has 0 spiro atoms. The van der Waals surface area contributed by atoms with E-state index in [0.29, 0.717) is 10.9 Å². The zero-order chi connectivity index (χ0) is 13.1. The fraction of sp³-hybridized carbons (Fsp3) is 0.167. The second-order valence-electron chi connectivity index (χ2n) is 3.54. The van der Waals surface area contributed by atoms with Gasteiger partial charge in [0.15, 0.2) is 6.61 Å². The van der Waals surface area contributed by atoms with Gasteiger partial charge in [-0.15, -0.1) is 0 Å². The molecular weight excluding hydrogens is 244 g/mol. The van der Waals surface area contributed by atoms with Gasteiger partial charge >= 0.3 is 5.97 Å². The Hall–Kier alpha value is -2.24. The maximum Gasteiger partial charge on any atom is 0.341 e. The third kappa shape index (κ3) is 2.53. The zero-order valence-electron chi connectivity index (χ0n) is 9.14. The molecule has 0 saturated carbocycles. The molecule has 0 saturated heterocycles. The Labute approximate surface area is 101 Å². The number of fused-ring (bicyclic) bond motifs is 1. The Morgan fingerprint density at radius 2 is 2.11 bits per heavy atom. The van der Waals surface area contributed by atoms with Gasteiger partial charge in [0.2, 0.25) is 5.88 Å². The summed E-state index contributed by atoms with van der Waals surface area (Å²) in [5.74, 6) is -1.56. The van der Waals surface area contributed by atoms with Crippen LogP contribution in [-0.2, 0) is 0 Å². The van der Waals surface area contributed by atoms with E-state index in [0.717, 1.165) is 0 Å². The van der Waals surface area contributed by atoms with Crippen LogP contribution in [0.15, 0.2) is 30.3 Å². The number of alkyl halides is 2. The second kappa shape index (κ2) is 4.95. The number of para-hydroxylation sites is 1. The third-order valence-corrected chi connectivity index (χ3v) is 2.27. The first kappa shape index (κ1) is 12.2. The smallest absolute Gasteiger partial charge is 0.341 e. The van der Waals surface area contributed by atoms with Crippen LogP contribution >= 0.6 is 0 Å². The lowest BCUT2D eigenvalue weighted by atomic mass is 10.1. The molecule has 6 heteroatoms. The SMILES string of the molecule is O=C(O)c1cc2ccccc2nc1OCC(F)F. The topological polar surface area (TPSA) is 59.4 Å². The number of carboxylic acid groups (broad SMARTS) is 1. The lowest BCUT2D eigenvalue weighted by Gasteiger charge is -2.08. The number of pyridine rings is 1. The Balaban J connectivity index is 2.47. The van der Waals surface area contributed by atoms with E-state index in [1.807, 2.05) is 0 Å². The van der Waals surface area contributed by atoms with Gasteiger partial charge in [-0.25, -0.2) is 18.6 Å².